The Labute approximate surface area is 106 Å². The van der Waals surface area contributed by atoms with Gasteiger partial charge >= 0.3 is 0 Å². The van der Waals surface area contributed by atoms with Crippen LogP contribution < -0.4 is 5.32 Å². The maximum Gasteiger partial charge on any atom is 0.0309 e. The second-order valence-electron chi connectivity index (χ2n) is 6.73. The monoisotopic (exact) mass is 236 g/mol. The highest BCUT2D eigenvalue weighted by atomic mass is 15.2. The van der Waals surface area contributed by atoms with Crippen LogP contribution in [0.25, 0.3) is 0 Å². The highest BCUT2D eigenvalue weighted by Gasteiger charge is 2.44. The Morgan fingerprint density at radius 3 is 2.35 bits per heavy atom. The van der Waals surface area contributed by atoms with Crippen molar-refractivity contribution in [3.63, 3.8) is 0 Å². The molecule has 1 unspecified atom stereocenters. The van der Waals surface area contributed by atoms with Crippen LogP contribution in [0.3, 0.4) is 0 Å². The number of hydrogen-bond acceptors (Lipinski definition) is 2. The van der Waals surface area contributed by atoms with Gasteiger partial charge in [-0.05, 0) is 38.5 Å². The van der Waals surface area contributed by atoms with Gasteiger partial charge in [-0.15, -0.1) is 0 Å². The summed E-state index contributed by atoms with van der Waals surface area (Å²) in [4.78, 5) is 2.82. The molecule has 98 valence electrons. The molecule has 1 atom stereocenters. The van der Waals surface area contributed by atoms with Crippen molar-refractivity contribution in [3.8, 4) is 0 Å². The van der Waals surface area contributed by atoms with E-state index in [9.17, 15) is 0 Å². The van der Waals surface area contributed by atoms with Gasteiger partial charge in [-0.3, -0.25) is 4.90 Å². The first-order valence-corrected chi connectivity index (χ1v) is 7.77. The van der Waals surface area contributed by atoms with E-state index in [4.69, 9.17) is 0 Å². The van der Waals surface area contributed by atoms with Crippen LogP contribution in [-0.2, 0) is 0 Å². The van der Waals surface area contributed by atoms with Crippen LogP contribution in [0.15, 0.2) is 0 Å². The maximum absolute atomic E-state index is 3.80. The molecule has 3 aliphatic rings. The summed E-state index contributed by atoms with van der Waals surface area (Å²) < 4.78 is 0. The van der Waals surface area contributed by atoms with Crippen LogP contribution in [-0.4, -0.2) is 36.1 Å². The number of nitrogens with one attached hydrogen (secondary N) is 1. The van der Waals surface area contributed by atoms with Crippen molar-refractivity contribution in [2.45, 2.75) is 69.9 Å². The minimum Gasteiger partial charge on any atom is -0.309 e. The summed E-state index contributed by atoms with van der Waals surface area (Å²) in [7, 11) is 0. The van der Waals surface area contributed by atoms with E-state index in [-0.39, 0.29) is 0 Å². The molecular weight excluding hydrogens is 208 g/mol. The van der Waals surface area contributed by atoms with Gasteiger partial charge in [0.1, 0.15) is 0 Å². The van der Waals surface area contributed by atoms with Crippen molar-refractivity contribution in [1.29, 1.82) is 0 Å². The van der Waals surface area contributed by atoms with Crippen LogP contribution >= 0.6 is 0 Å². The number of piperazine rings is 1. The zero-order valence-electron chi connectivity index (χ0n) is 11.4. The lowest BCUT2D eigenvalue weighted by Crippen LogP contribution is -2.61. The van der Waals surface area contributed by atoms with Crippen LogP contribution in [0.5, 0.6) is 0 Å². The van der Waals surface area contributed by atoms with Crippen LogP contribution in [0.2, 0.25) is 0 Å². The van der Waals surface area contributed by atoms with Crippen molar-refractivity contribution < 1.29 is 0 Å². The maximum atomic E-state index is 3.80. The molecule has 3 fully saturated rings. The second-order valence-corrected chi connectivity index (χ2v) is 6.73. The summed E-state index contributed by atoms with van der Waals surface area (Å²) in [5.41, 5.74) is 0.435. The fourth-order valence-electron chi connectivity index (χ4n) is 3.97. The van der Waals surface area contributed by atoms with Crippen molar-refractivity contribution in [1.82, 2.24) is 10.2 Å². The summed E-state index contributed by atoms with van der Waals surface area (Å²) in [6.07, 6.45) is 11.7. The molecule has 1 N–H and O–H groups in total. The molecule has 1 aliphatic heterocycles. The lowest BCUT2D eigenvalue weighted by molar-refractivity contribution is 0.0810. The standard InChI is InChI=1S/C15H28N2/c1-15(13-8-9-13)12-17(11-10-16-15)14-6-4-2-3-5-7-14/h13-14,16H,2-12H2,1H3. The predicted molar refractivity (Wildman–Crippen MR) is 72.2 cm³/mol. The molecule has 0 aromatic carbocycles. The van der Waals surface area contributed by atoms with Gasteiger partial charge in [0.2, 0.25) is 0 Å². The average Bonchev–Trinajstić information content (AvgIpc) is 3.17. The van der Waals surface area contributed by atoms with Crippen LogP contribution in [0.1, 0.15) is 58.3 Å². The van der Waals surface area contributed by atoms with Crippen molar-refractivity contribution in [3.05, 3.63) is 0 Å². The fourth-order valence-corrected chi connectivity index (χ4v) is 3.97. The SMILES string of the molecule is CC1(C2CC2)CN(C2CCCCCC2)CCN1. The Kier molecular flexibility index (Phi) is 3.45. The molecule has 0 aromatic rings. The van der Waals surface area contributed by atoms with E-state index in [1.807, 2.05) is 0 Å². The molecule has 0 radical (unpaired) electrons. The van der Waals surface area contributed by atoms with Gasteiger partial charge in [0.25, 0.3) is 0 Å². The summed E-state index contributed by atoms with van der Waals surface area (Å²) in [6, 6.07) is 0.901. The molecule has 0 amide bonds. The molecule has 2 heteroatoms. The lowest BCUT2D eigenvalue weighted by atomic mass is 9.91. The van der Waals surface area contributed by atoms with Gasteiger partial charge in [0.15, 0.2) is 0 Å². The Balaban J connectivity index is 1.62. The van der Waals surface area contributed by atoms with Gasteiger partial charge in [0, 0.05) is 31.2 Å². The van der Waals surface area contributed by atoms with Crippen molar-refractivity contribution in [2.75, 3.05) is 19.6 Å². The zero-order chi connectivity index (χ0) is 11.7. The smallest absolute Gasteiger partial charge is 0.0309 e. The van der Waals surface area contributed by atoms with Crippen LogP contribution in [0.4, 0.5) is 0 Å². The largest absolute Gasteiger partial charge is 0.309 e. The fraction of sp³-hybridized carbons (Fsp3) is 1.00. The Morgan fingerprint density at radius 1 is 1.00 bits per heavy atom. The summed E-state index contributed by atoms with van der Waals surface area (Å²) in [5, 5.41) is 3.80. The van der Waals surface area contributed by atoms with E-state index in [2.05, 4.69) is 17.1 Å². The second kappa shape index (κ2) is 4.89. The third-order valence-corrected chi connectivity index (χ3v) is 5.28. The van der Waals surface area contributed by atoms with Crippen molar-refractivity contribution >= 4 is 0 Å². The molecule has 2 nitrogen and oxygen atoms in total. The topological polar surface area (TPSA) is 15.3 Å². The minimum absolute atomic E-state index is 0.435. The predicted octanol–water partition coefficient (Wildman–Crippen LogP) is 2.78. The highest BCUT2D eigenvalue weighted by Crippen LogP contribution is 2.41. The molecule has 17 heavy (non-hydrogen) atoms. The number of nitrogens with zero attached hydrogens (tertiary/aromatic N) is 1. The minimum atomic E-state index is 0.435. The van der Waals surface area contributed by atoms with Gasteiger partial charge in [0.05, 0.1) is 0 Å². The first-order chi connectivity index (χ1) is 8.28. The molecule has 1 saturated heterocycles. The van der Waals surface area contributed by atoms with Gasteiger partial charge in [-0.25, -0.2) is 0 Å². The number of hydrogen-bond donors (Lipinski definition) is 1. The summed E-state index contributed by atoms with van der Waals surface area (Å²) >= 11 is 0. The van der Waals surface area contributed by atoms with Crippen molar-refractivity contribution in [2.24, 2.45) is 5.92 Å². The van der Waals surface area contributed by atoms with E-state index < -0.39 is 0 Å². The zero-order valence-corrected chi connectivity index (χ0v) is 11.4. The summed E-state index contributed by atoms with van der Waals surface area (Å²) in [6.45, 7) is 6.27. The molecule has 2 saturated carbocycles. The quantitative estimate of drug-likeness (QED) is 0.742. The molecule has 0 bridgehead atoms. The van der Waals surface area contributed by atoms with Gasteiger partial charge < -0.3 is 5.32 Å². The first-order valence-electron chi connectivity index (χ1n) is 7.77. The molecule has 3 rings (SSSR count). The first kappa shape index (κ1) is 12.0. The molecule has 1 heterocycles. The Bertz CT molecular complexity index is 254. The van der Waals surface area contributed by atoms with E-state index in [1.54, 1.807) is 0 Å². The van der Waals surface area contributed by atoms with E-state index in [0.717, 1.165) is 12.0 Å². The van der Waals surface area contributed by atoms with E-state index in [1.165, 1.54) is 71.0 Å². The Morgan fingerprint density at radius 2 is 1.71 bits per heavy atom. The summed E-state index contributed by atoms with van der Waals surface area (Å²) in [5.74, 6) is 0.969. The van der Waals surface area contributed by atoms with Crippen LogP contribution in [0, 0.1) is 5.92 Å². The molecule has 0 spiro atoms. The lowest BCUT2D eigenvalue weighted by Gasteiger charge is -2.45. The molecule has 2 aliphatic carbocycles. The number of rotatable bonds is 2. The van der Waals surface area contributed by atoms with E-state index in [0.29, 0.717) is 5.54 Å². The normalized spacial score (nSPS) is 37.9. The van der Waals surface area contributed by atoms with E-state index >= 15 is 0 Å². The molecule has 0 aromatic heterocycles. The average molecular weight is 236 g/mol. The van der Waals surface area contributed by atoms with Gasteiger partial charge in [-0.2, -0.15) is 0 Å². The third kappa shape index (κ3) is 2.68. The van der Waals surface area contributed by atoms with Gasteiger partial charge in [-0.1, -0.05) is 25.7 Å². The Hall–Kier alpha value is -0.0800. The molecular formula is C15H28N2. The third-order valence-electron chi connectivity index (χ3n) is 5.28. The highest BCUT2D eigenvalue weighted by molar-refractivity contribution is 5.02.